The van der Waals surface area contributed by atoms with Gasteiger partial charge in [-0.05, 0) is 31.2 Å². The lowest BCUT2D eigenvalue weighted by atomic mass is 10.2. The van der Waals surface area contributed by atoms with Crippen molar-refractivity contribution in [2.24, 2.45) is 11.6 Å². The Morgan fingerprint density at radius 2 is 2.00 bits per heavy atom. The van der Waals surface area contributed by atoms with Crippen LogP contribution >= 0.6 is 0 Å². The number of amides is 1. The number of halogens is 3. The minimum absolute atomic E-state index is 0.0429. The summed E-state index contributed by atoms with van der Waals surface area (Å²) in [6.45, 7) is 1.60. The fourth-order valence-corrected chi connectivity index (χ4v) is 2.24. The van der Waals surface area contributed by atoms with Gasteiger partial charge in [-0.15, -0.1) is 13.2 Å². The Labute approximate surface area is 161 Å². The van der Waals surface area contributed by atoms with Crippen LogP contribution in [-0.4, -0.2) is 34.6 Å². The molecule has 0 saturated carbocycles. The molecular formula is C16H17F3N6O4. The fourth-order valence-electron chi connectivity index (χ4n) is 2.24. The van der Waals surface area contributed by atoms with E-state index in [4.69, 9.17) is 11.6 Å². The topological polar surface area (TPSA) is 156 Å². The van der Waals surface area contributed by atoms with Crippen molar-refractivity contribution in [2.75, 3.05) is 10.3 Å². The quantitative estimate of drug-likeness (QED) is 0.285. The fraction of sp³-hybridized carbons (Fsp3) is 0.250. The second-order valence-corrected chi connectivity index (χ2v) is 5.83. The van der Waals surface area contributed by atoms with Crippen LogP contribution in [0.2, 0.25) is 0 Å². The number of aldehydes is 1. The summed E-state index contributed by atoms with van der Waals surface area (Å²) in [6.07, 6.45) is -4.18. The molecule has 1 atom stereocenters. The average Bonchev–Trinajstić information content (AvgIpc) is 2.61. The molecule has 1 aromatic heterocycles. The Morgan fingerprint density at radius 3 is 2.52 bits per heavy atom. The summed E-state index contributed by atoms with van der Waals surface area (Å²) in [7, 11) is 0. The third kappa shape index (κ3) is 5.68. The molecule has 0 fully saturated rings. The molecule has 1 aromatic carbocycles. The third-order valence-corrected chi connectivity index (χ3v) is 3.66. The van der Waals surface area contributed by atoms with Crippen molar-refractivity contribution in [2.45, 2.75) is 25.7 Å². The highest BCUT2D eigenvalue weighted by Gasteiger charge is 2.31. The number of aromatic nitrogens is 2. The molecule has 156 valence electrons. The Kier molecular flexibility index (Phi) is 6.43. The van der Waals surface area contributed by atoms with E-state index in [1.807, 2.05) is 0 Å². The summed E-state index contributed by atoms with van der Waals surface area (Å²) in [5.74, 6) is 3.86. The Hall–Kier alpha value is -3.61. The zero-order valence-corrected chi connectivity index (χ0v) is 15.0. The molecule has 0 spiro atoms. The van der Waals surface area contributed by atoms with E-state index in [9.17, 15) is 27.6 Å². The summed E-state index contributed by atoms with van der Waals surface area (Å²) in [5, 5.41) is 3.65. The van der Waals surface area contributed by atoms with Crippen LogP contribution in [0.15, 0.2) is 29.1 Å². The largest absolute Gasteiger partial charge is 0.573 e. The minimum atomic E-state index is -4.85. The predicted molar refractivity (Wildman–Crippen MR) is 96.6 cm³/mol. The van der Waals surface area contributed by atoms with Gasteiger partial charge in [0, 0.05) is 12.1 Å². The number of hydrogen-bond donors (Lipinski definition) is 4. The van der Waals surface area contributed by atoms with E-state index in [0.29, 0.717) is 6.29 Å². The van der Waals surface area contributed by atoms with Gasteiger partial charge in [0.15, 0.2) is 5.82 Å². The lowest BCUT2D eigenvalue weighted by Crippen LogP contribution is -2.42. The Balaban J connectivity index is 2.38. The van der Waals surface area contributed by atoms with E-state index in [2.05, 4.69) is 20.0 Å². The molecule has 1 amide bonds. The summed E-state index contributed by atoms with van der Waals surface area (Å²) < 4.78 is 40.5. The molecule has 2 aromatic rings. The van der Waals surface area contributed by atoms with E-state index >= 15 is 0 Å². The molecule has 0 unspecified atom stereocenters. The van der Waals surface area contributed by atoms with Gasteiger partial charge in [0.25, 0.3) is 11.5 Å². The molecule has 0 saturated heterocycles. The lowest BCUT2D eigenvalue weighted by molar-refractivity contribution is -0.274. The van der Waals surface area contributed by atoms with Gasteiger partial charge >= 0.3 is 6.36 Å². The van der Waals surface area contributed by atoms with Crippen LogP contribution in [0.25, 0.3) is 0 Å². The summed E-state index contributed by atoms with van der Waals surface area (Å²) in [6, 6.07) is 3.94. The number of carbonyl (C=O) groups excluding carboxylic acids is 2. The van der Waals surface area contributed by atoms with Crippen LogP contribution < -0.4 is 32.2 Å². The maximum absolute atomic E-state index is 12.3. The molecule has 29 heavy (non-hydrogen) atoms. The molecule has 0 radical (unpaired) electrons. The molecule has 6 N–H and O–H groups in total. The SMILES string of the molecule is C[C@H](CC=O)N(N)c1nc(Nc2ccc(OC(F)(F)F)cc2)c(C(N)=O)c(=O)[nH]1. The van der Waals surface area contributed by atoms with Gasteiger partial charge in [0.2, 0.25) is 5.95 Å². The zero-order chi connectivity index (χ0) is 21.8. The number of rotatable bonds is 8. The second kappa shape index (κ2) is 8.60. The number of anilines is 3. The predicted octanol–water partition coefficient (Wildman–Crippen LogP) is 1.17. The standard InChI is InChI=1S/C16H17F3N6O4/c1-8(6-7-26)25(21)15-23-13(11(12(20)27)14(28)24-15)22-9-2-4-10(5-3-9)29-16(17,18)19/h2-5,7-8H,6,21H2,1H3,(H2,20,27)(H2,22,23,24,28)/t8-/m1/s1. The first-order valence-corrected chi connectivity index (χ1v) is 8.06. The number of alkyl halides is 3. The number of hydrazine groups is 1. The van der Waals surface area contributed by atoms with Crippen LogP contribution in [0.1, 0.15) is 23.7 Å². The number of nitrogens with two attached hydrogens (primary N) is 2. The third-order valence-electron chi connectivity index (χ3n) is 3.66. The lowest BCUT2D eigenvalue weighted by Gasteiger charge is -2.23. The summed E-state index contributed by atoms with van der Waals surface area (Å²) in [4.78, 5) is 40.9. The first-order chi connectivity index (χ1) is 13.5. The highest BCUT2D eigenvalue weighted by molar-refractivity contribution is 5.98. The Morgan fingerprint density at radius 1 is 1.38 bits per heavy atom. The van der Waals surface area contributed by atoms with Crippen molar-refractivity contribution in [1.29, 1.82) is 0 Å². The number of H-pyrrole nitrogens is 1. The van der Waals surface area contributed by atoms with E-state index in [0.717, 1.165) is 17.1 Å². The van der Waals surface area contributed by atoms with Crippen LogP contribution in [0.5, 0.6) is 5.75 Å². The van der Waals surface area contributed by atoms with Crippen molar-refractivity contribution in [1.82, 2.24) is 9.97 Å². The number of ether oxygens (including phenoxy) is 1. The highest BCUT2D eigenvalue weighted by atomic mass is 19.4. The molecular weight excluding hydrogens is 397 g/mol. The zero-order valence-electron chi connectivity index (χ0n) is 15.0. The van der Waals surface area contributed by atoms with Crippen molar-refractivity contribution >= 4 is 29.6 Å². The molecule has 0 aliphatic heterocycles. The average molecular weight is 414 g/mol. The van der Waals surface area contributed by atoms with Crippen LogP contribution in [0.4, 0.5) is 30.6 Å². The molecule has 10 nitrogen and oxygen atoms in total. The number of benzene rings is 1. The van der Waals surface area contributed by atoms with Crippen LogP contribution in [-0.2, 0) is 4.79 Å². The van der Waals surface area contributed by atoms with Crippen molar-refractivity contribution in [3.63, 3.8) is 0 Å². The Bertz CT molecular complexity index is 945. The van der Waals surface area contributed by atoms with E-state index in [1.165, 1.54) is 12.1 Å². The number of nitrogens with zero attached hydrogens (tertiary/aromatic N) is 2. The van der Waals surface area contributed by atoms with Crippen LogP contribution in [0, 0.1) is 0 Å². The van der Waals surface area contributed by atoms with Gasteiger partial charge in [-0.1, -0.05) is 0 Å². The summed E-state index contributed by atoms with van der Waals surface area (Å²) in [5.41, 5.74) is 4.01. The molecule has 1 heterocycles. The maximum Gasteiger partial charge on any atom is 0.573 e. The first kappa shape index (κ1) is 21.7. The monoisotopic (exact) mass is 414 g/mol. The van der Waals surface area contributed by atoms with E-state index < -0.39 is 35.2 Å². The van der Waals surface area contributed by atoms with Crippen molar-refractivity contribution < 1.29 is 27.5 Å². The number of hydrogen-bond acceptors (Lipinski definition) is 8. The summed E-state index contributed by atoms with van der Waals surface area (Å²) >= 11 is 0. The van der Waals surface area contributed by atoms with Gasteiger partial charge in [0.1, 0.15) is 17.6 Å². The number of carbonyl (C=O) groups is 2. The van der Waals surface area contributed by atoms with E-state index in [1.54, 1.807) is 6.92 Å². The van der Waals surface area contributed by atoms with Crippen molar-refractivity contribution in [3.05, 3.63) is 40.2 Å². The van der Waals surface area contributed by atoms with Gasteiger partial charge in [-0.3, -0.25) is 19.6 Å². The van der Waals surface area contributed by atoms with E-state index in [-0.39, 0.29) is 23.9 Å². The molecule has 13 heteroatoms. The number of primary amides is 1. The number of aromatic amines is 1. The van der Waals surface area contributed by atoms with Crippen LogP contribution in [0.3, 0.4) is 0 Å². The van der Waals surface area contributed by atoms with Gasteiger partial charge in [-0.25, -0.2) is 5.84 Å². The maximum atomic E-state index is 12.3. The normalized spacial score (nSPS) is 12.2. The van der Waals surface area contributed by atoms with Gasteiger partial charge in [0.05, 0.1) is 6.04 Å². The number of nitrogens with one attached hydrogen (secondary N) is 2. The molecule has 0 aliphatic rings. The highest BCUT2D eigenvalue weighted by Crippen LogP contribution is 2.25. The minimum Gasteiger partial charge on any atom is -0.406 e. The van der Waals surface area contributed by atoms with Crippen molar-refractivity contribution in [3.8, 4) is 5.75 Å². The smallest absolute Gasteiger partial charge is 0.406 e. The molecule has 2 rings (SSSR count). The molecule has 0 bridgehead atoms. The first-order valence-electron chi connectivity index (χ1n) is 8.06. The van der Waals surface area contributed by atoms with Gasteiger partial charge in [-0.2, -0.15) is 4.98 Å². The van der Waals surface area contributed by atoms with Gasteiger partial charge < -0.3 is 20.6 Å². The second-order valence-electron chi connectivity index (χ2n) is 5.83. The molecule has 0 aliphatic carbocycles.